The molecule has 0 saturated carbocycles. The molecule has 0 N–H and O–H groups in total. The summed E-state index contributed by atoms with van der Waals surface area (Å²) >= 11 is 10.8. The Morgan fingerprint density at radius 3 is 2.57 bits per heavy atom. The summed E-state index contributed by atoms with van der Waals surface area (Å²) in [5.74, 6) is -0.835. The molecular formula is C15H10BrClO3S. The van der Waals surface area contributed by atoms with E-state index >= 15 is 0 Å². The van der Waals surface area contributed by atoms with Gasteiger partial charge in [-0.15, -0.1) is 11.3 Å². The van der Waals surface area contributed by atoms with Crippen molar-refractivity contribution in [1.82, 2.24) is 0 Å². The largest absolute Gasteiger partial charge is 0.465 e. The van der Waals surface area contributed by atoms with E-state index in [0.29, 0.717) is 16.0 Å². The highest BCUT2D eigenvalue weighted by molar-refractivity contribution is 9.11. The number of carbonyl (C=O) groups excluding carboxylic acids is 2. The summed E-state index contributed by atoms with van der Waals surface area (Å²) in [7, 11) is 1.25. The van der Waals surface area contributed by atoms with E-state index in [1.807, 2.05) is 0 Å². The lowest BCUT2D eigenvalue weighted by Crippen LogP contribution is -2.09. The van der Waals surface area contributed by atoms with Crippen LogP contribution in [0.25, 0.3) is 5.57 Å². The Hall–Kier alpha value is -1.43. The number of halogens is 2. The van der Waals surface area contributed by atoms with Gasteiger partial charge in [0.05, 0.1) is 21.3 Å². The third kappa shape index (κ3) is 3.26. The molecule has 6 heteroatoms. The van der Waals surface area contributed by atoms with Crippen LogP contribution in [0.5, 0.6) is 0 Å². The maximum Gasteiger partial charge on any atom is 0.337 e. The van der Waals surface area contributed by atoms with Crippen LogP contribution in [-0.4, -0.2) is 18.9 Å². The molecule has 0 spiro atoms. The Balaban J connectivity index is 2.54. The van der Waals surface area contributed by atoms with E-state index in [9.17, 15) is 9.59 Å². The molecule has 2 aromatic rings. The number of hydrogen-bond donors (Lipinski definition) is 0. The van der Waals surface area contributed by atoms with Crippen molar-refractivity contribution in [2.45, 2.75) is 0 Å². The molecule has 3 nitrogen and oxygen atoms in total. The van der Waals surface area contributed by atoms with Gasteiger partial charge in [-0.1, -0.05) is 30.3 Å². The van der Waals surface area contributed by atoms with Gasteiger partial charge in [-0.05, 0) is 34.1 Å². The number of thiophene rings is 1. The Morgan fingerprint density at radius 2 is 2.00 bits per heavy atom. The first kappa shape index (κ1) is 15.9. The van der Waals surface area contributed by atoms with Gasteiger partial charge >= 0.3 is 5.97 Å². The number of carbonyl (C=O) groups is 2. The molecule has 108 valence electrons. The van der Waals surface area contributed by atoms with Crippen molar-refractivity contribution in [1.29, 1.82) is 0 Å². The Labute approximate surface area is 139 Å². The molecule has 2 rings (SSSR count). The highest BCUT2D eigenvalue weighted by Crippen LogP contribution is 2.31. The summed E-state index contributed by atoms with van der Waals surface area (Å²) < 4.78 is 5.50. The number of methoxy groups -OCH3 is 1. The summed E-state index contributed by atoms with van der Waals surface area (Å²) in [5.41, 5.74) is 0.690. The van der Waals surface area contributed by atoms with Crippen LogP contribution in [0.4, 0.5) is 0 Å². The van der Waals surface area contributed by atoms with Crippen molar-refractivity contribution >= 4 is 56.2 Å². The highest BCUT2D eigenvalue weighted by atomic mass is 79.9. The average molecular weight is 386 g/mol. The molecule has 0 saturated heterocycles. The SMILES string of the molecule is C=C(C(=O)OC)c1c(Cl)cccc1C(=O)c1ccc(Br)s1. The lowest BCUT2D eigenvalue weighted by Gasteiger charge is -2.11. The predicted octanol–water partition coefficient (Wildman–Crippen LogP) is 4.58. The highest BCUT2D eigenvalue weighted by Gasteiger charge is 2.22. The minimum absolute atomic E-state index is 0.0575. The fraction of sp³-hybridized carbons (Fsp3) is 0.0667. The molecule has 0 bridgehead atoms. The van der Waals surface area contributed by atoms with Crippen molar-refractivity contribution in [2.75, 3.05) is 7.11 Å². The quantitative estimate of drug-likeness (QED) is 0.439. The molecule has 21 heavy (non-hydrogen) atoms. The van der Waals surface area contributed by atoms with E-state index in [1.54, 1.807) is 30.3 Å². The summed E-state index contributed by atoms with van der Waals surface area (Å²) in [6.07, 6.45) is 0. The molecule has 1 heterocycles. The zero-order valence-corrected chi connectivity index (χ0v) is 14.1. The van der Waals surface area contributed by atoms with Gasteiger partial charge in [-0.2, -0.15) is 0 Å². The minimum atomic E-state index is -0.621. The van der Waals surface area contributed by atoms with Crippen LogP contribution in [0.2, 0.25) is 5.02 Å². The number of benzene rings is 1. The molecule has 0 aliphatic heterocycles. The number of ether oxygens (including phenoxy) is 1. The molecule has 0 unspecified atom stereocenters. The van der Waals surface area contributed by atoms with Crippen LogP contribution < -0.4 is 0 Å². The summed E-state index contributed by atoms with van der Waals surface area (Å²) in [5, 5.41) is 0.284. The maximum absolute atomic E-state index is 12.6. The van der Waals surface area contributed by atoms with Gasteiger partial charge in [-0.25, -0.2) is 4.79 Å². The van der Waals surface area contributed by atoms with Crippen LogP contribution in [0.3, 0.4) is 0 Å². The molecule has 1 aromatic carbocycles. The zero-order valence-electron chi connectivity index (χ0n) is 11.0. The van der Waals surface area contributed by atoms with Crippen molar-refractivity contribution < 1.29 is 14.3 Å². The van der Waals surface area contributed by atoms with E-state index in [2.05, 4.69) is 27.2 Å². The van der Waals surface area contributed by atoms with Crippen LogP contribution in [0, 0.1) is 0 Å². The maximum atomic E-state index is 12.6. The van der Waals surface area contributed by atoms with Crippen LogP contribution in [0.1, 0.15) is 20.8 Å². The molecule has 0 amide bonds. The molecule has 1 aromatic heterocycles. The van der Waals surface area contributed by atoms with Crippen molar-refractivity contribution in [3.8, 4) is 0 Å². The van der Waals surface area contributed by atoms with Gasteiger partial charge in [0.1, 0.15) is 0 Å². The molecular weight excluding hydrogens is 376 g/mol. The van der Waals surface area contributed by atoms with E-state index in [4.69, 9.17) is 11.6 Å². The lowest BCUT2D eigenvalue weighted by atomic mass is 9.97. The number of hydrogen-bond acceptors (Lipinski definition) is 4. The van der Waals surface area contributed by atoms with E-state index in [1.165, 1.54) is 18.4 Å². The summed E-state index contributed by atoms with van der Waals surface area (Å²) in [6.45, 7) is 3.68. The van der Waals surface area contributed by atoms with Crippen molar-refractivity contribution in [2.24, 2.45) is 0 Å². The second kappa shape index (κ2) is 6.56. The number of ketones is 1. The molecule has 0 fully saturated rings. The first-order valence-electron chi connectivity index (χ1n) is 5.82. The third-order valence-electron chi connectivity index (χ3n) is 2.79. The monoisotopic (exact) mass is 384 g/mol. The molecule has 0 aliphatic rings. The van der Waals surface area contributed by atoms with Gasteiger partial charge < -0.3 is 4.74 Å². The molecule has 0 atom stereocenters. The normalized spacial score (nSPS) is 10.2. The molecule has 0 aliphatic carbocycles. The van der Waals surface area contributed by atoms with Crippen LogP contribution in [0.15, 0.2) is 40.7 Å². The van der Waals surface area contributed by atoms with Gasteiger partial charge in [-0.3, -0.25) is 4.79 Å². The summed E-state index contributed by atoms with van der Waals surface area (Å²) in [6, 6.07) is 8.38. The second-order valence-electron chi connectivity index (χ2n) is 4.07. The topological polar surface area (TPSA) is 43.4 Å². The fourth-order valence-electron chi connectivity index (χ4n) is 1.81. The van der Waals surface area contributed by atoms with Crippen molar-refractivity contribution in [3.63, 3.8) is 0 Å². The average Bonchev–Trinajstić information content (AvgIpc) is 2.91. The minimum Gasteiger partial charge on any atom is -0.465 e. The van der Waals surface area contributed by atoms with E-state index < -0.39 is 5.97 Å². The van der Waals surface area contributed by atoms with Crippen LogP contribution >= 0.6 is 38.9 Å². The fourth-order valence-corrected chi connectivity index (χ4v) is 3.44. The first-order chi connectivity index (χ1) is 9.95. The van der Waals surface area contributed by atoms with Gasteiger partial charge in [0.15, 0.2) is 0 Å². The van der Waals surface area contributed by atoms with Crippen LogP contribution in [-0.2, 0) is 9.53 Å². The Bertz CT molecular complexity index is 736. The number of rotatable bonds is 4. The summed E-state index contributed by atoms with van der Waals surface area (Å²) in [4.78, 5) is 24.8. The third-order valence-corrected chi connectivity index (χ3v) is 4.73. The van der Waals surface area contributed by atoms with Gasteiger partial charge in [0, 0.05) is 16.1 Å². The lowest BCUT2D eigenvalue weighted by molar-refractivity contribution is -0.133. The number of esters is 1. The first-order valence-corrected chi connectivity index (χ1v) is 7.80. The predicted molar refractivity (Wildman–Crippen MR) is 88.0 cm³/mol. The smallest absolute Gasteiger partial charge is 0.337 e. The van der Waals surface area contributed by atoms with Crippen molar-refractivity contribution in [3.05, 3.63) is 61.7 Å². The molecule has 0 radical (unpaired) electrons. The Morgan fingerprint density at radius 1 is 1.29 bits per heavy atom. The standard InChI is InChI=1S/C15H10BrClO3S/c1-8(15(19)20-2)13-9(4-3-5-10(13)17)14(18)11-6-7-12(16)21-11/h3-7H,1H2,2H3. The van der Waals surface area contributed by atoms with E-state index in [0.717, 1.165) is 3.79 Å². The second-order valence-corrected chi connectivity index (χ2v) is 6.94. The van der Waals surface area contributed by atoms with Gasteiger partial charge in [0.25, 0.3) is 0 Å². The van der Waals surface area contributed by atoms with Gasteiger partial charge in [0.2, 0.25) is 5.78 Å². The van der Waals surface area contributed by atoms with E-state index in [-0.39, 0.29) is 16.4 Å². The zero-order chi connectivity index (χ0) is 15.6. The Kier molecular flexibility index (Phi) is 4.98.